The summed E-state index contributed by atoms with van der Waals surface area (Å²) in [6.07, 6.45) is 0. The van der Waals surface area contributed by atoms with E-state index in [9.17, 15) is 4.79 Å². The standard InChI is InChI=1S/C12H14N4O2S/c1-2-18-12-14-11(15-16-12)13-10(17)8-19-9-6-4-3-5-7-9/h3-7H,2,8H2,1H3,(H2,13,14,15,16,17). The van der Waals surface area contributed by atoms with Gasteiger partial charge in [0.05, 0.1) is 12.4 Å². The number of amides is 1. The maximum Gasteiger partial charge on any atom is 0.337 e. The number of carbonyl (C=O) groups is 1. The van der Waals surface area contributed by atoms with Gasteiger partial charge in [-0.05, 0) is 19.1 Å². The number of H-pyrrole nitrogens is 1. The molecule has 0 radical (unpaired) electrons. The molecule has 1 heterocycles. The molecule has 1 aromatic carbocycles. The normalized spacial score (nSPS) is 10.2. The van der Waals surface area contributed by atoms with Crippen molar-refractivity contribution in [3.63, 3.8) is 0 Å². The number of nitrogens with one attached hydrogen (secondary N) is 2. The lowest BCUT2D eigenvalue weighted by molar-refractivity contribution is -0.113. The smallest absolute Gasteiger partial charge is 0.337 e. The molecule has 19 heavy (non-hydrogen) atoms. The molecule has 0 saturated carbocycles. The van der Waals surface area contributed by atoms with Crippen LogP contribution in [0.3, 0.4) is 0 Å². The van der Waals surface area contributed by atoms with E-state index in [2.05, 4.69) is 20.5 Å². The molecule has 1 amide bonds. The van der Waals surface area contributed by atoms with Crippen molar-refractivity contribution in [2.45, 2.75) is 11.8 Å². The molecule has 7 heteroatoms. The third-order valence-corrected chi connectivity index (χ3v) is 3.12. The topological polar surface area (TPSA) is 79.9 Å². The number of hydrogen-bond donors (Lipinski definition) is 2. The predicted octanol–water partition coefficient (Wildman–Crippen LogP) is 1.93. The van der Waals surface area contributed by atoms with Crippen molar-refractivity contribution in [3.05, 3.63) is 30.3 Å². The number of ether oxygens (including phenoxy) is 1. The molecule has 6 nitrogen and oxygen atoms in total. The maximum absolute atomic E-state index is 11.7. The summed E-state index contributed by atoms with van der Waals surface area (Å²) in [6, 6.07) is 9.96. The van der Waals surface area contributed by atoms with Crippen molar-refractivity contribution in [1.29, 1.82) is 0 Å². The van der Waals surface area contributed by atoms with Gasteiger partial charge in [0.15, 0.2) is 0 Å². The zero-order chi connectivity index (χ0) is 13.5. The highest BCUT2D eigenvalue weighted by Gasteiger charge is 2.08. The third-order valence-electron chi connectivity index (χ3n) is 2.11. The second kappa shape index (κ2) is 6.79. The molecule has 2 rings (SSSR count). The van der Waals surface area contributed by atoms with Crippen LogP contribution in [-0.4, -0.2) is 33.4 Å². The molecule has 2 aromatic rings. The van der Waals surface area contributed by atoms with Crippen molar-refractivity contribution >= 4 is 23.6 Å². The van der Waals surface area contributed by atoms with Gasteiger partial charge in [0.1, 0.15) is 0 Å². The summed E-state index contributed by atoms with van der Waals surface area (Å²) < 4.78 is 5.09. The quantitative estimate of drug-likeness (QED) is 0.789. The minimum Gasteiger partial charge on any atom is -0.463 e. The first kappa shape index (κ1) is 13.4. The van der Waals surface area contributed by atoms with Crippen LogP contribution in [0.25, 0.3) is 0 Å². The SMILES string of the molecule is CCOc1n[nH]c(NC(=O)CSc2ccccc2)n1. The molecule has 1 aromatic heterocycles. The Balaban J connectivity index is 1.80. The number of carbonyl (C=O) groups excluding carboxylic acids is 1. The lowest BCUT2D eigenvalue weighted by atomic mass is 10.4. The van der Waals surface area contributed by atoms with Crippen LogP contribution in [0.4, 0.5) is 5.95 Å². The van der Waals surface area contributed by atoms with E-state index in [1.165, 1.54) is 11.8 Å². The van der Waals surface area contributed by atoms with Crippen molar-refractivity contribution in [3.8, 4) is 6.01 Å². The number of thioether (sulfide) groups is 1. The number of aromatic amines is 1. The number of aromatic nitrogens is 3. The molecule has 0 aliphatic carbocycles. The number of nitrogens with zero attached hydrogens (tertiary/aromatic N) is 2. The highest BCUT2D eigenvalue weighted by Crippen LogP contribution is 2.17. The summed E-state index contributed by atoms with van der Waals surface area (Å²) in [5.41, 5.74) is 0. The Bertz CT molecular complexity index is 530. The molecule has 0 atom stereocenters. The van der Waals surface area contributed by atoms with Crippen LogP contribution < -0.4 is 10.1 Å². The van der Waals surface area contributed by atoms with Crippen molar-refractivity contribution < 1.29 is 9.53 Å². The van der Waals surface area contributed by atoms with Gasteiger partial charge >= 0.3 is 6.01 Å². The lowest BCUT2D eigenvalue weighted by Gasteiger charge is -2.01. The van der Waals surface area contributed by atoms with Gasteiger partial charge in [-0.15, -0.1) is 16.9 Å². The second-order valence-electron chi connectivity index (χ2n) is 3.55. The molecule has 0 saturated heterocycles. The molecule has 2 N–H and O–H groups in total. The average Bonchev–Trinajstić information content (AvgIpc) is 2.85. The van der Waals surface area contributed by atoms with Crippen LogP contribution in [0, 0.1) is 0 Å². The largest absolute Gasteiger partial charge is 0.463 e. The van der Waals surface area contributed by atoms with E-state index >= 15 is 0 Å². The monoisotopic (exact) mass is 278 g/mol. The maximum atomic E-state index is 11.7. The first-order chi connectivity index (χ1) is 9.28. The Hall–Kier alpha value is -2.02. The van der Waals surface area contributed by atoms with Gasteiger partial charge in [-0.2, -0.15) is 4.98 Å². The molecule has 0 aliphatic rings. The van der Waals surface area contributed by atoms with E-state index in [0.29, 0.717) is 18.3 Å². The molecular formula is C12H14N4O2S. The molecular weight excluding hydrogens is 264 g/mol. The van der Waals surface area contributed by atoms with Gasteiger partial charge in [-0.25, -0.2) is 5.10 Å². The summed E-state index contributed by atoms with van der Waals surface area (Å²) in [7, 11) is 0. The Labute approximate surface area is 115 Å². The summed E-state index contributed by atoms with van der Waals surface area (Å²) in [6.45, 7) is 2.32. The van der Waals surface area contributed by atoms with Gasteiger partial charge in [0.25, 0.3) is 0 Å². The van der Waals surface area contributed by atoms with Gasteiger partial charge in [0.2, 0.25) is 11.9 Å². The Morgan fingerprint density at radius 3 is 2.95 bits per heavy atom. The van der Waals surface area contributed by atoms with Crippen molar-refractivity contribution in [2.75, 3.05) is 17.7 Å². The number of benzene rings is 1. The zero-order valence-corrected chi connectivity index (χ0v) is 11.2. The Morgan fingerprint density at radius 2 is 2.21 bits per heavy atom. The van der Waals surface area contributed by atoms with E-state index in [1.807, 2.05) is 37.3 Å². The predicted molar refractivity (Wildman–Crippen MR) is 73.3 cm³/mol. The van der Waals surface area contributed by atoms with Crippen LogP contribution in [-0.2, 0) is 4.79 Å². The van der Waals surface area contributed by atoms with Crippen LogP contribution in [0.5, 0.6) is 6.01 Å². The molecule has 0 aliphatic heterocycles. The first-order valence-electron chi connectivity index (χ1n) is 5.81. The molecule has 0 bridgehead atoms. The van der Waals surface area contributed by atoms with E-state index in [1.54, 1.807) is 0 Å². The molecule has 0 fully saturated rings. The summed E-state index contributed by atoms with van der Waals surface area (Å²) in [5.74, 6) is 0.462. The van der Waals surface area contributed by atoms with E-state index < -0.39 is 0 Å². The highest BCUT2D eigenvalue weighted by molar-refractivity contribution is 8.00. The van der Waals surface area contributed by atoms with Gasteiger partial charge in [-0.1, -0.05) is 18.2 Å². The average molecular weight is 278 g/mol. The van der Waals surface area contributed by atoms with Crippen molar-refractivity contribution in [2.24, 2.45) is 0 Å². The zero-order valence-electron chi connectivity index (χ0n) is 10.4. The fraction of sp³-hybridized carbons (Fsp3) is 0.250. The van der Waals surface area contributed by atoms with Crippen LogP contribution in [0.2, 0.25) is 0 Å². The summed E-state index contributed by atoms with van der Waals surface area (Å²) in [4.78, 5) is 16.7. The Morgan fingerprint density at radius 1 is 1.42 bits per heavy atom. The molecule has 100 valence electrons. The fourth-order valence-electron chi connectivity index (χ4n) is 1.33. The van der Waals surface area contributed by atoms with E-state index in [4.69, 9.17) is 4.74 Å². The highest BCUT2D eigenvalue weighted by atomic mass is 32.2. The fourth-order valence-corrected chi connectivity index (χ4v) is 2.05. The first-order valence-corrected chi connectivity index (χ1v) is 6.79. The number of rotatable bonds is 6. The minimum absolute atomic E-state index is 0.145. The Kier molecular flexibility index (Phi) is 4.79. The van der Waals surface area contributed by atoms with Gasteiger partial charge in [0, 0.05) is 4.90 Å². The van der Waals surface area contributed by atoms with E-state index in [0.717, 1.165) is 4.90 Å². The van der Waals surface area contributed by atoms with Crippen molar-refractivity contribution in [1.82, 2.24) is 15.2 Å². The lowest BCUT2D eigenvalue weighted by Crippen LogP contribution is -2.15. The summed E-state index contributed by atoms with van der Waals surface area (Å²) in [5, 5.41) is 9.01. The van der Waals surface area contributed by atoms with Crippen LogP contribution in [0.15, 0.2) is 35.2 Å². The molecule has 0 spiro atoms. The third kappa shape index (κ3) is 4.29. The van der Waals surface area contributed by atoms with Gasteiger partial charge < -0.3 is 4.74 Å². The van der Waals surface area contributed by atoms with Crippen LogP contribution >= 0.6 is 11.8 Å². The van der Waals surface area contributed by atoms with E-state index in [-0.39, 0.29) is 11.9 Å². The number of hydrogen-bond acceptors (Lipinski definition) is 5. The summed E-state index contributed by atoms with van der Waals surface area (Å²) >= 11 is 1.46. The van der Waals surface area contributed by atoms with Gasteiger partial charge in [-0.3, -0.25) is 10.1 Å². The molecule has 0 unspecified atom stereocenters. The minimum atomic E-state index is -0.145. The number of anilines is 1. The second-order valence-corrected chi connectivity index (χ2v) is 4.60. The van der Waals surface area contributed by atoms with Crippen LogP contribution in [0.1, 0.15) is 6.92 Å².